The largest absolute Gasteiger partial charge is 0.465 e. The maximum atomic E-state index is 13.0. The van der Waals surface area contributed by atoms with E-state index in [1.165, 1.54) is 51.4 Å². The molecule has 0 saturated carbocycles. The molecular formula is C25H48O4. The van der Waals surface area contributed by atoms with Crippen molar-refractivity contribution in [2.75, 3.05) is 6.61 Å². The summed E-state index contributed by atoms with van der Waals surface area (Å²) in [6.07, 6.45) is 15.2. The highest BCUT2D eigenvalue weighted by molar-refractivity contribution is 6.00. The molecule has 4 nitrogen and oxygen atoms in total. The highest BCUT2D eigenvalue weighted by atomic mass is 16.6. The molecule has 0 aromatic carbocycles. The zero-order valence-electron chi connectivity index (χ0n) is 20.0. The van der Waals surface area contributed by atoms with Gasteiger partial charge in [-0.1, -0.05) is 92.4 Å². The average Bonchev–Trinajstić information content (AvgIpc) is 2.73. The van der Waals surface area contributed by atoms with Crippen molar-refractivity contribution >= 4 is 11.9 Å². The molecule has 0 aromatic rings. The predicted molar refractivity (Wildman–Crippen MR) is 121 cm³/mol. The topological polar surface area (TPSA) is 52.6 Å². The van der Waals surface area contributed by atoms with Gasteiger partial charge in [0.15, 0.2) is 5.41 Å². The van der Waals surface area contributed by atoms with Crippen molar-refractivity contribution in [1.29, 1.82) is 0 Å². The SMILES string of the molecule is CCCCCCCCOC(=O)C(CC)(CC)C(=O)OC(CC)CCCCCCC. The summed E-state index contributed by atoms with van der Waals surface area (Å²) < 4.78 is 11.3. The van der Waals surface area contributed by atoms with Crippen molar-refractivity contribution in [3.63, 3.8) is 0 Å². The molecule has 0 N–H and O–H groups in total. The summed E-state index contributed by atoms with van der Waals surface area (Å²) in [6.45, 7) is 10.6. The lowest BCUT2D eigenvalue weighted by Crippen LogP contribution is -2.42. The van der Waals surface area contributed by atoms with Crippen LogP contribution in [0.4, 0.5) is 0 Å². The Morgan fingerprint density at radius 3 is 1.72 bits per heavy atom. The van der Waals surface area contributed by atoms with Crippen LogP contribution in [0.2, 0.25) is 0 Å². The summed E-state index contributed by atoms with van der Waals surface area (Å²) in [6, 6.07) is 0. The van der Waals surface area contributed by atoms with Crippen LogP contribution in [0.5, 0.6) is 0 Å². The molecule has 29 heavy (non-hydrogen) atoms. The first-order valence-electron chi connectivity index (χ1n) is 12.4. The van der Waals surface area contributed by atoms with Gasteiger partial charge in [0.1, 0.15) is 6.10 Å². The van der Waals surface area contributed by atoms with E-state index < -0.39 is 17.4 Å². The average molecular weight is 413 g/mol. The van der Waals surface area contributed by atoms with Gasteiger partial charge in [0.2, 0.25) is 0 Å². The van der Waals surface area contributed by atoms with E-state index in [4.69, 9.17) is 9.47 Å². The van der Waals surface area contributed by atoms with E-state index in [9.17, 15) is 9.59 Å². The molecule has 0 saturated heterocycles. The van der Waals surface area contributed by atoms with Gasteiger partial charge < -0.3 is 9.47 Å². The third-order valence-electron chi connectivity index (χ3n) is 6.08. The fourth-order valence-corrected chi connectivity index (χ4v) is 3.68. The Hall–Kier alpha value is -1.06. The molecule has 1 atom stereocenters. The Bertz CT molecular complexity index is 415. The van der Waals surface area contributed by atoms with E-state index in [2.05, 4.69) is 13.8 Å². The molecule has 0 aliphatic carbocycles. The lowest BCUT2D eigenvalue weighted by Gasteiger charge is -2.29. The number of unbranched alkanes of at least 4 members (excludes halogenated alkanes) is 9. The van der Waals surface area contributed by atoms with Gasteiger partial charge >= 0.3 is 11.9 Å². The quantitative estimate of drug-likeness (QED) is 0.126. The molecule has 4 heteroatoms. The molecule has 0 aliphatic heterocycles. The smallest absolute Gasteiger partial charge is 0.323 e. The normalized spacial score (nSPS) is 12.6. The van der Waals surface area contributed by atoms with Gasteiger partial charge in [-0.2, -0.15) is 0 Å². The lowest BCUT2D eigenvalue weighted by molar-refractivity contribution is -0.177. The van der Waals surface area contributed by atoms with E-state index in [1.54, 1.807) is 0 Å². The van der Waals surface area contributed by atoms with E-state index in [0.29, 0.717) is 19.4 Å². The van der Waals surface area contributed by atoms with Crippen molar-refractivity contribution in [2.45, 2.75) is 137 Å². The minimum atomic E-state index is -1.15. The Kier molecular flexibility index (Phi) is 17.1. The van der Waals surface area contributed by atoms with Crippen molar-refractivity contribution < 1.29 is 19.1 Å². The Labute approximate surface area is 180 Å². The number of hydrogen-bond acceptors (Lipinski definition) is 4. The number of carbonyl (C=O) groups excluding carboxylic acids is 2. The van der Waals surface area contributed by atoms with Gasteiger partial charge in [-0.05, 0) is 38.5 Å². The number of hydrogen-bond donors (Lipinski definition) is 0. The van der Waals surface area contributed by atoms with E-state index in [-0.39, 0.29) is 6.10 Å². The van der Waals surface area contributed by atoms with Crippen LogP contribution in [-0.4, -0.2) is 24.6 Å². The lowest BCUT2D eigenvalue weighted by atomic mass is 9.82. The predicted octanol–water partition coefficient (Wildman–Crippen LogP) is 7.38. The van der Waals surface area contributed by atoms with Gasteiger partial charge in [-0.25, -0.2) is 0 Å². The summed E-state index contributed by atoms with van der Waals surface area (Å²) in [5.74, 6) is -0.797. The van der Waals surface area contributed by atoms with Gasteiger partial charge in [-0.3, -0.25) is 9.59 Å². The van der Waals surface area contributed by atoms with Crippen LogP contribution in [0, 0.1) is 5.41 Å². The van der Waals surface area contributed by atoms with Crippen molar-refractivity contribution in [1.82, 2.24) is 0 Å². The maximum absolute atomic E-state index is 13.0. The van der Waals surface area contributed by atoms with Gasteiger partial charge in [0.25, 0.3) is 0 Å². The Morgan fingerprint density at radius 1 is 0.690 bits per heavy atom. The van der Waals surface area contributed by atoms with Crippen LogP contribution in [-0.2, 0) is 19.1 Å². The van der Waals surface area contributed by atoms with Crippen LogP contribution < -0.4 is 0 Å². The minimum Gasteiger partial charge on any atom is -0.465 e. The second-order valence-electron chi connectivity index (χ2n) is 8.33. The van der Waals surface area contributed by atoms with E-state index in [1.807, 2.05) is 20.8 Å². The molecule has 0 fully saturated rings. The summed E-state index contributed by atoms with van der Waals surface area (Å²) in [4.78, 5) is 25.7. The summed E-state index contributed by atoms with van der Waals surface area (Å²) in [7, 11) is 0. The molecule has 0 amide bonds. The van der Waals surface area contributed by atoms with Crippen molar-refractivity contribution in [3.05, 3.63) is 0 Å². The Morgan fingerprint density at radius 2 is 1.21 bits per heavy atom. The molecule has 0 rings (SSSR count). The van der Waals surface area contributed by atoms with Crippen LogP contribution in [0.25, 0.3) is 0 Å². The van der Waals surface area contributed by atoms with Crippen LogP contribution in [0.3, 0.4) is 0 Å². The highest BCUT2D eigenvalue weighted by Crippen LogP contribution is 2.31. The highest BCUT2D eigenvalue weighted by Gasteiger charge is 2.46. The Balaban J connectivity index is 4.55. The number of ether oxygens (including phenoxy) is 2. The molecule has 1 unspecified atom stereocenters. The first kappa shape index (κ1) is 27.9. The van der Waals surface area contributed by atoms with Crippen molar-refractivity contribution in [3.8, 4) is 0 Å². The van der Waals surface area contributed by atoms with Crippen LogP contribution in [0.15, 0.2) is 0 Å². The number of esters is 2. The van der Waals surface area contributed by atoms with Gasteiger partial charge in [-0.15, -0.1) is 0 Å². The van der Waals surface area contributed by atoms with Crippen LogP contribution in [0.1, 0.15) is 131 Å². The van der Waals surface area contributed by atoms with Gasteiger partial charge in [0.05, 0.1) is 6.61 Å². The minimum absolute atomic E-state index is 0.104. The summed E-state index contributed by atoms with van der Waals surface area (Å²) in [5, 5.41) is 0. The second-order valence-corrected chi connectivity index (χ2v) is 8.33. The monoisotopic (exact) mass is 412 g/mol. The molecule has 0 aliphatic rings. The van der Waals surface area contributed by atoms with Crippen molar-refractivity contribution in [2.24, 2.45) is 5.41 Å². The molecule has 0 spiro atoms. The third-order valence-corrected chi connectivity index (χ3v) is 6.08. The number of carbonyl (C=O) groups is 2. The fourth-order valence-electron chi connectivity index (χ4n) is 3.68. The molecular weight excluding hydrogens is 364 g/mol. The zero-order valence-corrected chi connectivity index (χ0v) is 20.0. The fraction of sp³-hybridized carbons (Fsp3) is 0.920. The molecule has 0 radical (unpaired) electrons. The summed E-state index contributed by atoms with van der Waals surface area (Å²) >= 11 is 0. The second kappa shape index (κ2) is 17.8. The van der Waals surface area contributed by atoms with Crippen LogP contribution >= 0.6 is 0 Å². The number of rotatable bonds is 19. The molecule has 0 aromatic heterocycles. The van der Waals surface area contributed by atoms with E-state index >= 15 is 0 Å². The third kappa shape index (κ3) is 11.1. The maximum Gasteiger partial charge on any atom is 0.323 e. The molecule has 0 heterocycles. The molecule has 172 valence electrons. The van der Waals surface area contributed by atoms with E-state index in [0.717, 1.165) is 32.1 Å². The zero-order chi connectivity index (χ0) is 22.0. The standard InChI is InChI=1S/C25H48O4/c1-6-11-13-15-17-19-21-28-23(26)25(9-4,10-5)24(27)29-22(8-3)20-18-16-14-12-7-2/h22H,6-21H2,1-5H3. The molecule has 0 bridgehead atoms. The summed E-state index contributed by atoms with van der Waals surface area (Å²) in [5.41, 5.74) is -1.15. The first-order chi connectivity index (χ1) is 14.0. The van der Waals surface area contributed by atoms with Gasteiger partial charge in [0, 0.05) is 0 Å². The first-order valence-corrected chi connectivity index (χ1v) is 12.4.